The molecule has 0 aliphatic rings. The fraction of sp³-hybridized carbons (Fsp3) is 0.222. The molecule has 2 N–H and O–H groups in total. The van der Waals surface area contributed by atoms with Gasteiger partial charge >= 0.3 is 0 Å². The second-order valence-corrected chi connectivity index (χ2v) is 5.06. The van der Waals surface area contributed by atoms with E-state index in [0.717, 1.165) is 12.2 Å². The summed E-state index contributed by atoms with van der Waals surface area (Å²) >= 11 is 0. The second-order valence-electron chi connectivity index (χ2n) is 5.06. The average Bonchev–Trinajstić information content (AvgIpc) is 2.56. The highest BCUT2D eigenvalue weighted by atomic mass is 16.5. The predicted molar refractivity (Wildman–Crippen MR) is 90.9 cm³/mol. The van der Waals surface area contributed by atoms with Crippen molar-refractivity contribution in [3.63, 3.8) is 0 Å². The summed E-state index contributed by atoms with van der Waals surface area (Å²) in [5, 5.41) is 5.60. The zero-order valence-electron chi connectivity index (χ0n) is 13.3. The van der Waals surface area contributed by atoms with Crippen LogP contribution in [0.2, 0.25) is 0 Å². The van der Waals surface area contributed by atoms with Crippen LogP contribution in [0.1, 0.15) is 30.1 Å². The van der Waals surface area contributed by atoms with Crippen LogP contribution >= 0.6 is 0 Å². The smallest absolute Gasteiger partial charge is 0.255 e. The van der Waals surface area contributed by atoms with Gasteiger partial charge in [0.05, 0.1) is 7.11 Å². The topological polar surface area (TPSA) is 67.4 Å². The third-order valence-corrected chi connectivity index (χ3v) is 3.26. The number of benzene rings is 2. The van der Waals surface area contributed by atoms with Crippen molar-refractivity contribution in [1.29, 1.82) is 0 Å². The van der Waals surface area contributed by atoms with Gasteiger partial charge in [0, 0.05) is 23.4 Å². The lowest BCUT2D eigenvalue weighted by Crippen LogP contribution is -2.13. The number of nitrogens with one attached hydrogen (secondary N) is 2. The van der Waals surface area contributed by atoms with Gasteiger partial charge in [0.1, 0.15) is 5.75 Å². The number of anilines is 2. The van der Waals surface area contributed by atoms with Crippen molar-refractivity contribution in [2.75, 3.05) is 17.7 Å². The van der Waals surface area contributed by atoms with Gasteiger partial charge in [-0.2, -0.15) is 0 Å². The van der Waals surface area contributed by atoms with Crippen molar-refractivity contribution >= 4 is 23.2 Å². The minimum absolute atomic E-state index is 0.0251. The van der Waals surface area contributed by atoms with Crippen molar-refractivity contribution in [2.45, 2.75) is 19.8 Å². The van der Waals surface area contributed by atoms with E-state index in [1.807, 2.05) is 6.92 Å². The molecule has 0 heterocycles. The van der Waals surface area contributed by atoms with Gasteiger partial charge in [-0.15, -0.1) is 0 Å². The summed E-state index contributed by atoms with van der Waals surface area (Å²) in [6.45, 7) is 1.95. The van der Waals surface area contributed by atoms with Gasteiger partial charge in [0.2, 0.25) is 5.91 Å². The summed E-state index contributed by atoms with van der Waals surface area (Å²) in [5.41, 5.74) is 1.90. The molecule has 5 nitrogen and oxygen atoms in total. The molecule has 23 heavy (non-hydrogen) atoms. The molecule has 2 rings (SSSR count). The van der Waals surface area contributed by atoms with Gasteiger partial charge in [-0.1, -0.05) is 6.92 Å². The van der Waals surface area contributed by atoms with Crippen molar-refractivity contribution in [2.24, 2.45) is 0 Å². The molecule has 0 aromatic heterocycles. The first-order valence-corrected chi connectivity index (χ1v) is 7.47. The lowest BCUT2D eigenvalue weighted by Gasteiger charge is -2.08. The Kier molecular flexibility index (Phi) is 5.74. The predicted octanol–water partition coefficient (Wildman–Crippen LogP) is 3.69. The first-order valence-electron chi connectivity index (χ1n) is 7.47. The summed E-state index contributed by atoms with van der Waals surface area (Å²) in [7, 11) is 1.59. The maximum Gasteiger partial charge on any atom is 0.255 e. The standard InChI is InChI=1S/C18H20N2O3/c1-3-4-17(21)19-14-7-5-13(6-8-14)18(22)20-15-9-11-16(23-2)12-10-15/h5-12H,3-4H2,1-2H3,(H,19,21)(H,20,22). The molecule has 0 aliphatic heterocycles. The Morgan fingerprint density at radius 1 is 0.913 bits per heavy atom. The van der Waals surface area contributed by atoms with Crippen molar-refractivity contribution in [3.05, 3.63) is 54.1 Å². The highest BCUT2D eigenvalue weighted by Crippen LogP contribution is 2.17. The van der Waals surface area contributed by atoms with E-state index >= 15 is 0 Å². The van der Waals surface area contributed by atoms with Gasteiger partial charge in [0.15, 0.2) is 0 Å². The van der Waals surface area contributed by atoms with E-state index in [-0.39, 0.29) is 11.8 Å². The average molecular weight is 312 g/mol. The Hall–Kier alpha value is -2.82. The maximum atomic E-state index is 12.2. The van der Waals surface area contributed by atoms with E-state index in [1.54, 1.807) is 55.6 Å². The first kappa shape index (κ1) is 16.5. The molecule has 0 atom stereocenters. The Balaban J connectivity index is 1.97. The summed E-state index contributed by atoms with van der Waals surface area (Å²) in [4.78, 5) is 23.7. The van der Waals surface area contributed by atoms with Gasteiger partial charge in [0.25, 0.3) is 5.91 Å². The Bertz CT molecular complexity index is 664. The summed E-state index contributed by atoms with van der Waals surface area (Å²) < 4.78 is 5.07. The SMILES string of the molecule is CCCC(=O)Nc1ccc(C(=O)Nc2ccc(OC)cc2)cc1. The van der Waals surface area contributed by atoms with E-state index in [0.29, 0.717) is 23.4 Å². The molecule has 0 saturated heterocycles. The number of hydrogen-bond donors (Lipinski definition) is 2. The lowest BCUT2D eigenvalue weighted by atomic mass is 10.2. The third kappa shape index (κ3) is 4.85. The van der Waals surface area contributed by atoms with Crippen LogP contribution in [-0.2, 0) is 4.79 Å². The van der Waals surface area contributed by atoms with E-state index in [4.69, 9.17) is 4.74 Å². The van der Waals surface area contributed by atoms with Gasteiger partial charge in [-0.3, -0.25) is 9.59 Å². The Labute approximate surface area is 135 Å². The number of amides is 2. The molecule has 5 heteroatoms. The number of hydrogen-bond acceptors (Lipinski definition) is 3. The molecule has 0 spiro atoms. The number of ether oxygens (including phenoxy) is 1. The van der Waals surface area contributed by atoms with Crippen LogP contribution in [0.5, 0.6) is 5.75 Å². The molecule has 0 saturated carbocycles. The number of carbonyl (C=O) groups excluding carboxylic acids is 2. The fourth-order valence-electron chi connectivity index (χ4n) is 2.03. The summed E-state index contributed by atoms with van der Waals surface area (Å²) in [6.07, 6.45) is 1.29. The van der Waals surface area contributed by atoms with Gasteiger partial charge < -0.3 is 15.4 Å². The van der Waals surface area contributed by atoms with Gasteiger partial charge in [-0.05, 0) is 55.0 Å². The quantitative estimate of drug-likeness (QED) is 0.855. The second kappa shape index (κ2) is 7.98. The Morgan fingerprint density at radius 3 is 2.04 bits per heavy atom. The van der Waals surface area contributed by atoms with Crippen molar-refractivity contribution in [3.8, 4) is 5.75 Å². The van der Waals surface area contributed by atoms with Crippen LogP contribution < -0.4 is 15.4 Å². The molecule has 0 unspecified atom stereocenters. The highest BCUT2D eigenvalue weighted by molar-refractivity contribution is 6.04. The van der Waals surface area contributed by atoms with E-state index in [2.05, 4.69) is 10.6 Å². The largest absolute Gasteiger partial charge is 0.497 e. The minimum Gasteiger partial charge on any atom is -0.497 e. The number of rotatable bonds is 6. The fourth-order valence-corrected chi connectivity index (χ4v) is 2.03. The van der Waals surface area contributed by atoms with E-state index in [9.17, 15) is 9.59 Å². The van der Waals surface area contributed by atoms with Crippen LogP contribution in [0.25, 0.3) is 0 Å². The molecule has 2 aromatic rings. The number of carbonyl (C=O) groups is 2. The summed E-state index contributed by atoms with van der Waals surface area (Å²) in [6, 6.07) is 13.9. The van der Waals surface area contributed by atoms with Crippen LogP contribution in [0.15, 0.2) is 48.5 Å². The van der Waals surface area contributed by atoms with Crippen molar-refractivity contribution < 1.29 is 14.3 Å². The van der Waals surface area contributed by atoms with Crippen LogP contribution in [-0.4, -0.2) is 18.9 Å². The minimum atomic E-state index is -0.207. The normalized spacial score (nSPS) is 10.0. The molecular formula is C18H20N2O3. The Morgan fingerprint density at radius 2 is 1.48 bits per heavy atom. The molecule has 120 valence electrons. The molecule has 0 bridgehead atoms. The summed E-state index contributed by atoms with van der Waals surface area (Å²) in [5.74, 6) is 0.500. The van der Waals surface area contributed by atoms with Crippen molar-refractivity contribution in [1.82, 2.24) is 0 Å². The van der Waals surface area contributed by atoms with Crippen LogP contribution in [0.4, 0.5) is 11.4 Å². The third-order valence-electron chi connectivity index (χ3n) is 3.26. The number of methoxy groups -OCH3 is 1. The monoisotopic (exact) mass is 312 g/mol. The van der Waals surface area contributed by atoms with E-state index in [1.165, 1.54) is 0 Å². The molecule has 0 radical (unpaired) electrons. The zero-order chi connectivity index (χ0) is 16.7. The maximum absolute atomic E-state index is 12.2. The zero-order valence-corrected chi connectivity index (χ0v) is 13.3. The molecule has 0 fully saturated rings. The molecule has 2 amide bonds. The molecule has 0 aliphatic carbocycles. The van der Waals surface area contributed by atoms with Crippen LogP contribution in [0.3, 0.4) is 0 Å². The van der Waals surface area contributed by atoms with Crippen LogP contribution in [0, 0.1) is 0 Å². The molecular weight excluding hydrogens is 292 g/mol. The van der Waals surface area contributed by atoms with Gasteiger partial charge in [-0.25, -0.2) is 0 Å². The first-order chi connectivity index (χ1) is 11.1. The lowest BCUT2D eigenvalue weighted by molar-refractivity contribution is -0.116. The van der Waals surface area contributed by atoms with E-state index < -0.39 is 0 Å². The highest BCUT2D eigenvalue weighted by Gasteiger charge is 2.07. The molecule has 2 aromatic carbocycles.